The van der Waals surface area contributed by atoms with Gasteiger partial charge in [-0.25, -0.2) is 0 Å². The summed E-state index contributed by atoms with van der Waals surface area (Å²) in [5.41, 5.74) is 3.62. The van der Waals surface area contributed by atoms with E-state index in [1.807, 2.05) is 11.3 Å². The molecule has 44 heavy (non-hydrogen) atoms. The van der Waals surface area contributed by atoms with E-state index in [1.165, 1.54) is 26.1 Å². The van der Waals surface area contributed by atoms with Gasteiger partial charge >= 0.3 is 0 Å². The van der Waals surface area contributed by atoms with Crippen molar-refractivity contribution in [2.75, 3.05) is 33.0 Å². The van der Waals surface area contributed by atoms with Crippen LogP contribution in [0.15, 0.2) is 42.5 Å². The predicted molar refractivity (Wildman–Crippen MR) is 183 cm³/mol. The SMILES string of the molecule is CCCCOC[C@@H]1C[C@H](OCCCC)[C@@H](OCCCC)[C@H](c2cc(Cc3cc4ccccc4s3)c(C)cc2OCCCC)O1. The van der Waals surface area contributed by atoms with Crippen molar-refractivity contribution < 1.29 is 23.7 Å². The van der Waals surface area contributed by atoms with Crippen LogP contribution >= 0.6 is 11.3 Å². The van der Waals surface area contributed by atoms with Gasteiger partial charge in [0.1, 0.15) is 18.0 Å². The molecule has 6 heteroatoms. The lowest BCUT2D eigenvalue weighted by molar-refractivity contribution is -0.213. The van der Waals surface area contributed by atoms with Crippen molar-refractivity contribution in [2.45, 2.75) is 123 Å². The molecule has 0 aliphatic carbocycles. The topological polar surface area (TPSA) is 46.2 Å². The highest BCUT2D eigenvalue weighted by atomic mass is 32.1. The van der Waals surface area contributed by atoms with Gasteiger partial charge in [-0.1, -0.05) is 71.6 Å². The third-order valence-electron chi connectivity index (χ3n) is 8.45. The average molecular weight is 625 g/mol. The summed E-state index contributed by atoms with van der Waals surface area (Å²) in [6.45, 7) is 14.5. The third kappa shape index (κ3) is 10.0. The molecule has 0 amide bonds. The summed E-state index contributed by atoms with van der Waals surface area (Å²) in [4.78, 5) is 1.36. The van der Waals surface area contributed by atoms with Crippen molar-refractivity contribution in [3.05, 3.63) is 64.0 Å². The number of benzene rings is 2. The zero-order valence-electron chi connectivity index (χ0n) is 27.9. The van der Waals surface area contributed by atoms with Crippen molar-refractivity contribution in [2.24, 2.45) is 0 Å². The number of unbranched alkanes of at least 4 members (excludes halogenated alkanes) is 4. The van der Waals surface area contributed by atoms with Gasteiger partial charge in [-0.15, -0.1) is 11.3 Å². The second-order valence-corrected chi connectivity index (χ2v) is 13.4. The number of thiophene rings is 1. The van der Waals surface area contributed by atoms with E-state index in [-0.39, 0.29) is 24.4 Å². The lowest BCUT2D eigenvalue weighted by Crippen LogP contribution is -2.48. The van der Waals surface area contributed by atoms with Crippen LogP contribution in [0.3, 0.4) is 0 Å². The highest BCUT2D eigenvalue weighted by Gasteiger charge is 2.42. The van der Waals surface area contributed by atoms with E-state index in [1.54, 1.807) is 0 Å². The van der Waals surface area contributed by atoms with Crippen molar-refractivity contribution in [1.29, 1.82) is 0 Å². The Labute approximate surface area is 270 Å². The summed E-state index contributed by atoms with van der Waals surface area (Å²) < 4.78 is 34.2. The van der Waals surface area contributed by atoms with Crippen LogP contribution in [0.5, 0.6) is 5.75 Å². The first-order valence-electron chi connectivity index (χ1n) is 17.3. The van der Waals surface area contributed by atoms with E-state index in [2.05, 4.69) is 77.1 Å². The van der Waals surface area contributed by atoms with Crippen molar-refractivity contribution >= 4 is 21.4 Å². The molecule has 1 saturated heterocycles. The Morgan fingerprint density at radius 1 is 0.818 bits per heavy atom. The summed E-state index contributed by atoms with van der Waals surface area (Å²) in [5.74, 6) is 0.907. The van der Waals surface area contributed by atoms with Crippen molar-refractivity contribution in [3.63, 3.8) is 0 Å². The van der Waals surface area contributed by atoms with Crippen LogP contribution in [0.25, 0.3) is 10.1 Å². The molecule has 0 radical (unpaired) electrons. The maximum absolute atomic E-state index is 6.97. The number of rotatable bonds is 20. The summed E-state index contributed by atoms with van der Waals surface area (Å²) in [7, 11) is 0. The molecule has 1 aromatic heterocycles. The van der Waals surface area contributed by atoms with Gasteiger partial charge < -0.3 is 23.7 Å². The molecule has 0 saturated carbocycles. The minimum atomic E-state index is -0.301. The Bertz CT molecular complexity index is 1210. The van der Waals surface area contributed by atoms with Crippen LogP contribution in [0.4, 0.5) is 0 Å². The Balaban J connectivity index is 1.71. The average Bonchev–Trinajstić information content (AvgIpc) is 3.44. The second kappa shape index (κ2) is 18.9. The predicted octanol–water partition coefficient (Wildman–Crippen LogP) is 10.00. The number of ether oxygens (including phenoxy) is 5. The van der Waals surface area contributed by atoms with Gasteiger partial charge in [0.2, 0.25) is 0 Å². The first-order valence-corrected chi connectivity index (χ1v) is 18.1. The van der Waals surface area contributed by atoms with E-state index < -0.39 is 0 Å². The highest BCUT2D eigenvalue weighted by Crippen LogP contribution is 2.42. The molecule has 3 aromatic rings. The third-order valence-corrected chi connectivity index (χ3v) is 9.57. The maximum atomic E-state index is 6.97. The summed E-state index contributed by atoms with van der Waals surface area (Å²) >= 11 is 1.88. The first-order chi connectivity index (χ1) is 21.6. The molecular weight excluding hydrogens is 568 g/mol. The molecule has 0 unspecified atom stereocenters. The summed E-state index contributed by atoms with van der Waals surface area (Å²) in [5, 5.41) is 1.31. The minimum Gasteiger partial charge on any atom is -0.493 e. The fourth-order valence-corrected chi connectivity index (χ4v) is 6.86. The van der Waals surface area contributed by atoms with Crippen LogP contribution < -0.4 is 4.74 Å². The molecule has 4 rings (SSSR count). The van der Waals surface area contributed by atoms with E-state index in [4.69, 9.17) is 23.7 Å². The van der Waals surface area contributed by atoms with Gasteiger partial charge in [0.05, 0.1) is 25.4 Å². The van der Waals surface area contributed by atoms with Gasteiger partial charge in [0.15, 0.2) is 0 Å². The monoisotopic (exact) mass is 624 g/mol. The molecule has 0 N–H and O–H groups in total. The number of hydrogen-bond acceptors (Lipinski definition) is 6. The number of aryl methyl sites for hydroxylation is 1. The van der Waals surface area contributed by atoms with Crippen LogP contribution in [0.2, 0.25) is 0 Å². The van der Waals surface area contributed by atoms with Gasteiger partial charge in [-0.2, -0.15) is 0 Å². The lowest BCUT2D eigenvalue weighted by atomic mass is 9.89. The Morgan fingerprint density at radius 2 is 1.52 bits per heavy atom. The molecule has 2 aromatic carbocycles. The highest BCUT2D eigenvalue weighted by molar-refractivity contribution is 7.19. The van der Waals surface area contributed by atoms with E-state index in [0.717, 1.165) is 88.7 Å². The molecule has 1 fully saturated rings. The van der Waals surface area contributed by atoms with Crippen LogP contribution in [0, 0.1) is 6.92 Å². The smallest absolute Gasteiger partial charge is 0.125 e. The van der Waals surface area contributed by atoms with Gasteiger partial charge in [-0.05, 0) is 73.4 Å². The standard InChI is InChI=1S/C38H56O5S/c1-6-10-18-39-27-31-26-35(41-20-12-8-3)38(42-21-13-9-4)37(43-31)33-25-30(28(5)22-34(33)40-19-11-7-2)24-32-23-29-16-14-15-17-36(29)44-32/h14-17,22-23,25,31,35,37-38H,6-13,18-21,24,26-27H2,1-5H3/t31-,35-,37-,38+/m0/s1. The second-order valence-electron chi connectivity index (χ2n) is 12.2. The van der Waals surface area contributed by atoms with Crippen LogP contribution in [0.1, 0.15) is 113 Å². The van der Waals surface area contributed by atoms with Crippen LogP contribution in [-0.4, -0.2) is 51.3 Å². The largest absolute Gasteiger partial charge is 0.493 e. The molecule has 0 spiro atoms. The Kier molecular flexibility index (Phi) is 15.0. The molecule has 5 nitrogen and oxygen atoms in total. The molecular formula is C38H56O5S. The van der Waals surface area contributed by atoms with Crippen molar-refractivity contribution in [3.8, 4) is 5.75 Å². The lowest BCUT2D eigenvalue weighted by Gasteiger charge is -2.42. The van der Waals surface area contributed by atoms with E-state index in [0.29, 0.717) is 19.8 Å². The van der Waals surface area contributed by atoms with Crippen molar-refractivity contribution in [1.82, 2.24) is 0 Å². The van der Waals surface area contributed by atoms with Gasteiger partial charge in [0, 0.05) is 47.8 Å². The summed E-state index contributed by atoms with van der Waals surface area (Å²) in [6.07, 6.45) is 9.54. The Morgan fingerprint density at radius 3 is 2.27 bits per heavy atom. The maximum Gasteiger partial charge on any atom is 0.125 e. The normalized spacial score (nSPS) is 20.4. The fraction of sp³-hybridized carbons (Fsp3) is 0.632. The number of hydrogen-bond donors (Lipinski definition) is 0. The molecule has 2 heterocycles. The molecule has 1 aliphatic heterocycles. The quantitative estimate of drug-likeness (QED) is 0.117. The van der Waals surface area contributed by atoms with E-state index in [9.17, 15) is 0 Å². The Hall–Kier alpha value is -1.96. The first kappa shape index (κ1) is 34.9. The fourth-order valence-electron chi connectivity index (χ4n) is 5.77. The molecule has 1 aliphatic rings. The van der Waals surface area contributed by atoms with E-state index >= 15 is 0 Å². The molecule has 0 bridgehead atoms. The van der Waals surface area contributed by atoms with Crippen LogP contribution in [-0.2, 0) is 25.4 Å². The van der Waals surface area contributed by atoms with Gasteiger partial charge in [0.25, 0.3) is 0 Å². The zero-order chi connectivity index (χ0) is 31.1. The van der Waals surface area contributed by atoms with Gasteiger partial charge in [-0.3, -0.25) is 0 Å². The zero-order valence-corrected chi connectivity index (χ0v) is 28.7. The summed E-state index contributed by atoms with van der Waals surface area (Å²) in [6, 6.07) is 15.6. The molecule has 244 valence electrons. The number of fused-ring (bicyclic) bond motifs is 1. The molecule has 4 atom stereocenters. The minimum absolute atomic E-state index is 0.0622.